The van der Waals surface area contributed by atoms with E-state index < -0.39 is 28.7 Å². The second-order valence-electron chi connectivity index (χ2n) is 8.31. The lowest BCUT2D eigenvalue weighted by Crippen LogP contribution is -2.48. The molecule has 0 spiro atoms. The van der Waals surface area contributed by atoms with Crippen LogP contribution in [-0.4, -0.2) is 29.3 Å². The average molecular weight is 400 g/mol. The maximum atomic E-state index is 13.8. The number of pyridine rings is 1. The van der Waals surface area contributed by atoms with Gasteiger partial charge in [0.1, 0.15) is 12.2 Å². The topological polar surface area (TPSA) is 88.3 Å². The van der Waals surface area contributed by atoms with Crippen molar-refractivity contribution in [1.82, 2.24) is 10.3 Å². The Labute approximate surface area is 168 Å². The van der Waals surface area contributed by atoms with Crippen LogP contribution in [0.4, 0.5) is 4.39 Å². The Hall–Kier alpha value is -2.96. The number of Topliss-reactive ketones (excluding diaryl/α,β-unsaturated/α-hetero) is 1. The van der Waals surface area contributed by atoms with E-state index in [1.54, 1.807) is 12.1 Å². The number of para-hydroxylation sites is 1. The maximum absolute atomic E-state index is 13.8. The molecule has 1 atom stereocenters. The maximum Gasteiger partial charge on any atom is 0.261 e. The number of aromatic amines is 1. The number of H-pyrrole nitrogens is 1. The molecule has 0 radical (unpaired) electrons. The number of benzene rings is 1. The molecule has 3 rings (SSSR count). The normalized spacial score (nSPS) is 14.8. The Balaban J connectivity index is 1.80. The summed E-state index contributed by atoms with van der Waals surface area (Å²) in [6.07, 6.45) is 1.70. The lowest BCUT2D eigenvalue weighted by atomic mass is 9.87. The van der Waals surface area contributed by atoms with Crippen LogP contribution in [-0.2, 0) is 6.42 Å². The molecular weight excluding hydrogens is 375 g/mol. The largest absolute Gasteiger partial charge is 0.488 e. The van der Waals surface area contributed by atoms with Crippen LogP contribution in [0, 0.1) is 11.2 Å². The van der Waals surface area contributed by atoms with Gasteiger partial charge in [0.05, 0.1) is 6.04 Å². The number of ketones is 1. The van der Waals surface area contributed by atoms with Gasteiger partial charge in [0.25, 0.3) is 11.5 Å². The molecule has 1 aliphatic carbocycles. The summed E-state index contributed by atoms with van der Waals surface area (Å²) in [5.41, 5.74) is -0.0794. The first-order valence-corrected chi connectivity index (χ1v) is 9.64. The molecule has 1 aromatic carbocycles. The first kappa shape index (κ1) is 20.8. The third kappa shape index (κ3) is 4.72. The Morgan fingerprint density at radius 3 is 2.66 bits per heavy atom. The number of aryl methyl sites for hydroxylation is 1. The number of fused-ring (bicyclic) bond motifs is 1. The summed E-state index contributed by atoms with van der Waals surface area (Å²) in [4.78, 5) is 40.0. The quantitative estimate of drug-likeness (QED) is 0.806. The second kappa shape index (κ2) is 8.19. The number of halogens is 1. The summed E-state index contributed by atoms with van der Waals surface area (Å²) >= 11 is 0. The van der Waals surface area contributed by atoms with Crippen molar-refractivity contribution in [2.24, 2.45) is 5.41 Å². The van der Waals surface area contributed by atoms with Gasteiger partial charge in [-0.25, -0.2) is 4.39 Å². The SMILES string of the molecule is CC(C)(C)C(COc1ccccc1F)NC(=O)c1cc2c([nH]c1=O)CCCC2=O. The highest BCUT2D eigenvalue weighted by molar-refractivity contribution is 6.01. The van der Waals surface area contributed by atoms with Crippen molar-refractivity contribution in [2.75, 3.05) is 6.61 Å². The van der Waals surface area contributed by atoms with Gasteiger partial charge >= 0.3 is 0 Å². The summed E-state index contributed by atoms with van der Waals surface area (Å²) < 4.78 is 19.4. The Morgan fingerprint density at radius 1 is 1.24 bits per heavy atom. The lowest BCUT2D eigenvalue weighted by molar-refractivity contribution is 0.0858. The summed E-state index contributed by atoms with van der Waals surface area (Å²) in [5, 5.41) is 2.81. The first-order valence-electron chi connectivity index (χ1n) is 9.64. The summed E-state index contributed by atoms with van der Waals surface area (Å²) in [6.45, 7) is 5.74. The number of amides is 1. The Bertz CT molecular complexity index is 991. The van der Waals surface area contributed by atoms with E-state index in [9.17, 15) is 18.8 Å². The number of rotatable bonds is 5. The number of nitrogens with one attached hydrogen (secondary N) is 2. The molecule has 154 valence electrons. The molecule has 6 nitrogen and oxygen atoms in total. The number of hydrogen-bond donors (Lipinski definition) is 2. The van der Waals surface area contributed by atoms with Crippen molar-refractivity contribution >= 4 is 11.7 Å². The Morgan fingerprint density at radius 2 is 1.97 bits per heavy atom. The molecule has 7 heteroatoms. The van der Waals surface area contributed by atoms with Crippen LogP contribution < -0.4 is 15.6 Å². The fourth-order valence-corrected chi connectivity index (χ4v) is 3.22. The van der Waals surface area contributed by atoms with Crippen LogP contribution in [0.25, 0.3) is 0 Å². The number of carbonyl (C=O) groups excluding carboxylic acids is 2. The van der Waals surface area contributed by atoms with Gasteiger partial charge in [-0.3, -0.25) is 14.4 Å². The minimum Gasteiger partial charge on any atom is -0.488 e. The van der Waals surface area contributed by atoms with Gasteiger partial charge in [-0.05, 0) is 36.5 Å². The molecule has 29 heavy (non-hydrogen) atoms. The van der Waals surface area contributed by atoms with E-state index in [0.717, 1.165) is 0 Å². The zero-order valence-electron chi connectivity index (χ0n) is 16.8. The molecule has 0 bridgehead atoms. The van der Waals surface area contributed by atoms with E-state index in [2.05, 4.69) is 10.3 Å². The third-order valence-corrected chi connectivity index (χ3v) is 5.09. The van der Waals surface area contributed by atoms with Crippen molar-refractivity contribution in [3.05, 3.63) is 63.3 Å². The van der Waals surface area contributed by atoms with Gasteiger partial charge in [-0.1, -0.05) is 32.9 Å². The monoisotopic (exact) mass is 400 g/mol. The van der Waals surface area contributed by atoms with E-state index in [4.69, 9.17) is 4.74 Å². The fourth-order valence-electron chi connectivity index (χ4n) is 3.22. The van der Waals surface area contributed by atoms with Crippen LogP contribution in [0.15, 0.2) is 35.1 Å². The summed E-state index contributed by atoms with van der Waals surface area (Å²) in [5.74, 6) is -1.07. The fraction of sp³-hybridized carbons (Fsp3) is 0.409. The van der Waals surface area contributed by atoms with Crippen LogP contribution in [0.5, 0.6) is 5.75 Å². The number of ether oxygens (including phenoxy) is 1. The van der Waals surface area contributed by atoms with Crippen LogP contribution in [0.2, 0.25) is 0 Å². The molecule has 0 saturated carbocycles. The minimum atomic E-state index is -0.593. The van der Waals surface area contributed by atoms with Crippen molar-refractivity contribution in [2.45, 2.75) is 46.1 Å². The average Bonchev–Trinajstić information content (AvgIpc) is 2.65. The standard InChI is InChI=1S/C22H25FN2O4/c1-22(2,3)19(12-29-18-10-5-4-7-15(18)23)25-21(28)14-11-13-16(24-20(14)27)8-6-9-17(13)26/h4-5,7,10-11,19H,6,8-9,12H2,1-3H3,(H,24,27)(H,25,28). The van der Waals surface area contributed by atoms with Crippen molar-refractivity contribution in [3.8, 4) is 5.75 Å². The molecule has 2 aromatic rings. The molecule has 0 saturated heterocycles. The highest BCUT2D eigenvalue weighted by Gasteiger charge is 2.29. The van der Waals surface area contributed by atoms with Crippen molar-refractivity contribution in [1.29, 1.82) is 0 Å². The van der Waals surface area contributed by atoms with Crippen LogP contribution >= 0.6 is 0 Å². The van der Waals surface area contributed by atoms with Crippen LogP contribution in [0.3, 0.4) is 0 Å². The smallest absolute Gasteiger partial charge is 0.261 e. The highest BCUT2D eigenvalue weighted by Crippen LogP contribution is 2.23. The van der Waals surface area contributed by atoms with Gasteiger partial charge in [-0.2, -0.15) is 0 Å². The van der Waals surface area contributed by atoms with Gasteiger partial charge < -0.3 is 15.0 Å². The third-order valence-electron chi connectivity index (χ3n) is 5.09. The van der Waals surface area contributed by atoms with Gasteiger partial charge in [0.15, 0.2) is 17.3 Å². The van der Waals surface area contributed by atoms with Crippen molar-refractivity contribution in [3.63, 3.8) is 0 Å². The highest BCUT2D eigenvalue weighted by atomic mass is 19.1. The predicted molar refractivity (Wildman–Crippen MR) is 107 cm³/mol. The van der Waals surface area contributed by atoms with Crippen molar-refractivity contribution < 1.29 is 18.7 Å². The predicted octanol–water partition coefficient (Wildman–Crippen LogP) is 3.26. The van der Waals surface area contributed by atoms with E-state index in [1.165, 1.54) is 18.2 Å². The number of carbonyl (C=O) groups is 2. The zero-order valence-corrected chi connectivity index (χ0v) is 16.8. The molecule has 0 fully saturated rings. The molecule has 0 aliphatic heterocycles. The Kier molecular flexibility index (Phi) is 5.86. The summed E-state index contributed by atoms with van der Waals surface area (Å²) in [6, 6.07) is 6.91. The van der Waals surface area contributed by atoms with Gasteiger partial charge in [0.2, 0.25) is 0 Å². The van der Waals surface area contributed by atoms with Gasteiger partial charge in [-0.15, -0.1) is 0 Å². The zero-order chi connectivity index (χ0) is 21.2. The molecule has 2 N–H and O–H groups in total. The van der Waals surface area contributed by atoms with E-state index >= 15 is 0 Å². The van der Waals surface area contributed by atoms with Gasteiger partial charge in [0, 0.05) is 17.7 Å². The second-order valence-corrected chi connectivity index (χ2v) is 8.31. The van der Waals surface area contributed by atoms with Crippen LogP contribution in [0.1, 0.15) is 60.0 Å². The number of hydrogen-bond acceptors (Lipinski definition) is 4. The minimum absolute atomic E-state index is 0.0257. The molecule has 1 aromatic heterocycles. The molecule has 1 aliphatic rings. The summed E-state index contributed by atoms with van der Waals surface area (Å²) in [7, 11) is 0. The first-order chi connectivity index (χ1) is 13.7. The molecule has 1 heterocycles. The van der Waals surface area contributed by atoms with E-state index in [-0.39, 0.29) is 23.7 Å². The van der Waals surface area contributed by atoms with E-state index in [0.29, 0.717) is 30.5 Å². The molecule has 1 unspecified atom stereocenters. The van der Waals surface area contributed by atoms with E-state index in [1.807, 2.05) is 20.8 Å². The lowest BCUT2D eigenvalue weighted by Gasteiger charge is -2.31. The number of aromatic nitrogens is 1. The molecule has 1 amide bonds. The molecular formula is C22H25FN2O4.